The molecule has 0 unspecified atom stereocenters. The quantitative estimate of drug-likeness (QED) is 0.699. The van der Waals surface area contributed by atoms with E-state index in [9.17, 15) is 4.79 Å². The summed E-state index contributed by atoms with van der Waals surface area (Å²) in [6.45, 7) is 4.06. The first kappa shape index (κ1) is 20.2. The van der Waals surface area contributed by atoms with Gasteiger partial charge in [-0.3, -0.25) is 4.79 Å². The largest absolute Gasteiger partial charge is 0.493 e. The molecule has 0 spiro atoms. The van der Waals surface area contributed by atoms with Gasteiger partial charge in [0.15, 0.2) is 11.5 Å². The van der Waals surface area contributed by atoms with Gasteiger partial charge in [-0.1, -0.05) is 0 Å². The summed E-state index contributed by atoms with van der Waals surface area (Å²) in [5.41, 5.74) is 1.38. The molecular formula is C20H26N2O5. The number of hydrogen-bond donors (Lipinski definition) is 2. The van der Waals surface area contributed by atoms with Gasteiger partial charge in [0, 0.05) is 23.5 Å². The van der Waals surface area contributed by atoms with Gasteiger partial charge < -0.3 is 29.6 Å². The Kier molecular flexibility index (Phi) is 7.16. The predicted molar refractivity (Wildman–Crippen MR) is 105 cm³/mol. The number of carbonyl (C=O) groups excluding carboxylic acids is 1. The minimum atomic E-state index is -0.202. The van der Waals surface area contributed by atoms with Gasteiger partial charge in [0.1, 0.15) is 5.75 Å². The number of rotatable bonds is 9. The number of nitrogens with one attached hydrogen (secondary N) is 2. The van der Waals surface area contributed by atoms with Crippen LogP contribution < -0.4 is 29.6 Å². The minimum Gasteiger partial charge on any atom is -0.493 e. The summed E-state index contributed by atoms with van der Waals surface area (Å²) in [7, 11) is 4.58. The molecule has 146 valence electrons. The Labute approximate surface area is 159 Å². The molecule has 0 bridgehead atoms. The molecule has 27 heavy (non-hydrogen) atoms. The average molecular weight is 374 g/mol. The topological polar surface area (TPSA) is 78.1 Å². The number of hydrogen-bond acceptors (Lipinski definition) is 6. The van der Waals surface area contributed by atoms with Gasteiger partial charge in [-0.15, -0.1) is 0 Å². The van der Waals surface area contributed by atoms with Crippen LogP contribution in [0.25, 0.3) is 0 Å². The fraction of sp³-hybridized carbons (Fsp3) is 0.350. The SMILES string of the molecule is COc1cc(NC(=O)CNc2ccc(OC(C)C)cc2)cc(OC)c1OC. The zero-order valence-electron chi connectivity index (χ0n) is 16.3. The monoisotopic (exact) mass is 374 g/mol. The van der Waals surface area contributed by atoms with Crippen molar-refractivity contribution in [1.29, 1.82) is 0 Å². The third-order valence-electron chi connectivity index (χ3n) is 3.63. The Hall–Kier alpha value is -3.09. The van der Waals surface area contributed by atoms with E-state index in [-0.39, 0.29) is 18.6 Å². The number of benzene rings is 2. The Balaban J connectivity index is 1.97. The predicted octanol–water partition coefficient (Wildman–Crippen LogP) is 3.55. The number of amides is 1. The zero-order chi connectivity index (χ0) is 19.8. The Morgan fingerprint density at radius 1 is 0.926 bits per heavy atom. The van der Waals surface area contributed by atoms with Crippen molar-refractivity contribution in [3.05, 3.63) is 36.4 Å². The molecule has 1 amide bonds. The van der Waals surface area contributed by atoms with Crippen LogP contribution >= 0.6 is 0 Å². The molecule has 0 atom stereocenters. The van der Waals surface area contributed by atoms with Crippen LogP contribution in [0.4, 0.5) is 11.4 Å². The number of ether oxygens (including phenoxy) is 4. The minimum absolute atomic E-state index is 0.112. The van der Waals surface area contributed by atoms with Crippen LogP contribution in [-0.2, 0) is 4.79 Å². The number of anilines is 2. The maximum Gasteiger partial charge on any atom is 0.243 e. The highest BCUT2D eigenvalue weighted by atomic mass is 16.5. The molecule has 0 aromatic heterocycles. The summed E-state index contributed by atoms with van der Waals surface area (Å²) in [5, 5.41) is 5.88. The highest BCUT2D eigenvalue weighted by Crippen LogP contribution is 2.39. The smallest absolute Gasteiger partial charge is 0.243 e. The molecule has 0 saturated carbocycles. The molecule has 0 saturated heterocycles. The lowest BCUT2D eigenvalue weighted by molar-refractivity contribution is -0.114. The first-order valence-electron chi connectivity index (χ1n) is 8.57. The maximum absolute atomic E-state index is 12.2. The van der Waals surface area contributed by atoms with Crippen molar-refractivity contribution in [3.8, 4) is 23.0 Å². The van der Waals surface area contributed by atoms with E-state index in [1.807, 2.05) is 38.1 Å². The van der Waals surface area contributed by atoms with Gasteiger partial charge in [0.05, 0.1) is 34.0 Å². The van der Waals surface area contributed by atoms with Gasteiger partial charge in [-0.05, 0) is 38.1 Å². The molecule has 2 N–H and O–H groups in total. The van der Waals surface area contributed by atoms with E-state index < -0.39 is 0 Å². The zero-order valence-corrected chi connectivity index (χ0v) is 16.3. The summed E-state index contributed by atoms with van der Waals surface area (Å²) >= 11 is 0. The third-order valence-corrected chi connectivity index (χ3v) is 3.63. The van der Waals surface area contributed by atoms with E-state index in [1.54, 1.807) is 12.1 Å². The van der Waals surface area contributed by atoms with Crippen molar-refractivity contribution >= 4 is 17.3 Å². The van der Waals surface area contributed by atoms with Gasteiger partial charge in [-0.25, -0.2) is 0 Å². The summed E-state index contributed by atoms with van der Waals surface area (Å²) in [4.78, 5) is 12.2. The molecule has 0 fully saturated rings. The molecule has 0 aliphatic rings. The van der Waals surface area contributed by atoms with Crippen molar-refractivity contribution in [2.75, 3.05) is 38.5 Å². The van der Waals surface area contributed by atoms with Gasteiger partial charge in [-0.2, -0.15) is 0 Å². The molecule has 2 aromatic carbocycles. The second-order valence-corrected chi connectivity index (χ2v) is 6.01. The van der Waals surface area contributed by atoms with Crippen LogP contribution in [-0.4, -0.2) is 39.9 Å². The van der Waals surface area contributed by atoms with E-state index in [2.05, 4.69) is 10.6 Å². The van der Waals surface area contributed by atoms with E-state index in [0.717, 1.165) is 11.4 Å². The highest BCUT2D eigenvalue weighted by Gasteiger charge is 2.14. The molecular weight excluding hydrogens is 348 g/mol. The molecule has 0 aliphatic heterocycles. The molecule has 7 nitrogen and oxygen atoms in total. The standard InChI is InChI=1S/C20H26N2O5/c1-13(2)27-16-8-6-14(7-9-16)21-12-19(23)22-15-10-17(24-3)20(26-5)18(11-15)25-4/h6-11,13,21H,12H2,1-5H3,(H,22,23). The summed E-state index contributed by atoms with van der Waals surface area (Å²) in [5.74, 6) is 2.01. The van der Waals surface area contributed by atoms with Crippen LogP contribution in [0, 0.1) is 0 Å². The highest BCUT2D eigenvalue weighted by molar-refractivity contribution is 5.94. The fourth-order valence-corrected chi connectivity index (χ4v) is 2.46. The van der Waals surface area contributed by atoms with Gasteiger partial charge >= 0.3 is 0 Å². The second-order valence-electron chi connectivity index (χ2n) is 6.01. The summed E-state index contributed by atoms with van der Waals surface area (Å²) in [6, 6.07) is 10.8. The molecule has 2 aromatic rings. The molecule has 7 heteroatoms. The van der Waals surface area contributed by atoms with Crippen LogP contribution in [0.3, 0.4) is 0 Å². The number of methoxy groups -OCH3 is 3. The summed E-state index contributed by atoms with van der Waals surface area (Å²) < 4.78 is 21.4. The molecule has 0 aliphatic carbocycles. The normalized spacial score (nSPS) is 10.3. The fourth-order valence-electron chi connectivity index (χ4n) is 2.46. The van der Waals surface area contributed by atoms with E-state index in [4.69, 9.17) is 18.9 Å². The van der Waals surface area contributed by atoms with Crippen LogP contribution in [0.5, 0.6) is 23.0 Å². The molecule has 2 rings (SSSR count). The van der Waals surface area contributed by atoms with Crippen molar-refractivity contribution < 1.29 is 23.7 Å². The Morgan fingerprint density at radius 3 is 2.00 bits per heavy atom. The van der Waals surface area contributed by atoms with Crippen LogP contribution in [0.15, 0.2) is 36.4 Å². The Bertz CT molecular complexity index is 734. The lowest BCUT2D eigenvalue weighted by Gasteiger charge is -2.15. The molecule has 0 heterocycles. The summed E-state index contributed by atoms with van der Waals surface area (Å²) in [6.07, 6.45) is 0.119. The lowest BCUT2D eigenvalue weighted by Crippen LogP contribution is -2.21. The van der Waals surface area contributed by atoms with Crippen molar-refractivity contribution in [3.63, 3.8) is 0 Å². The average Bonchev–Trinajstić information content (AvgIpc) is 2.66. The van der Waals surface area contributed by atoms with Crippen molar-refractivity contribution in [2.45, 2.75) is 20.0 Å². The first-order valence-corrected chi connectivity index (χ1v) is 8.57. The molecule has 0 radical (unpaired) electrons. The van der Waals surface area contributed by atoms with Gasteiger partial charge in [0.25, 0.3) is 0 Å². The first-order chi connectivity index (χ1) is 13.0. The lowest BCUT2D eigenvalue weighted by atomic mass is 10.2. The second kappa shape index (κ2) is 9.56. The van der Waals surface area contributed by atoms with E-state index in [0.29, 0.717) is 22.9 Å². The van der Waals surface area contributed by atoms with Crippen LogP contribution in [0.1, 0.15) is 13.8 Å². The van der Waals surface area contributed by atoms with Gasteiger partial charge in [0.2, 0.25) is 11.7 Å². The maximum atomic E-state index is 12.2. The van der Waals surface area contributed by atoms with Crippen molar-refractivity contribution in [2.24, 2.45) is 0 Å². The Morgan fingerprint density at radius 2 is 1.52 bits per heavy atom. The number of carbonyl (C=O) groups is 1. The third kappa shape index (κ3) is 5.70. The van der Waals surface area contributed by atoms with Crippen molar-refractivity contribution in [1.82, 2.24) is 0 Å². The van der Waals surface area contributed by atoms with Crippen LogP contribution in [0.2, 0.25) is 0 Å². The van der Waals surface area contributed by atoms with E-state index >= 15 is 0 Å². The van der Waals surface area contributed by atoms with E-state index in [1.165, 1.54) is 21.3 Å².